The number of nitrogens with zero attached hydrogens (tertiary/aromatic N) is 2. The summed E-state index contributed by atoms with van der Waals surface area (Å²) < 4.78 is 21.0. The first kappa shape index (κ1) is 22.6. The van der Waals surface area contributed by atoms with Crippen molar-refractivity contribution in [2.24, 2.45) is 0 Å². The van der Waals surface area contributed by atoms with Gasteiger partial charge in [-0.05, 0) is 31.2 Å². The molecule has 0 fully saturated rings. The van der Waals surface area contributed by atoms with Crippen LogP contribution in [-0.2, 0) is 9.53 Å². The average Bonchev–Trinajstić information content (AvgIpc) is 2.77. The Kier molecular flexibility index (Phi) is 8.06. The molecule has 158 valence electrons. The Morgan fingerprint density at radius 1 is 0.967 bits per heavy atom. The van der Waals surface area contributed by atoms with E-state index in [0.717, 1.165) is 5.56 Å². The summed E-state index contributed by atoms with van der Waals surface area (Å²) in [4.78, 5) is 26.7. The highest BCUT2D eigenvalue weighted by molar-refractivity contribution is 5.98. The molecule has 0 N–H and O–H groups in total. The number of anilines is 1. The van der Waals surface area contributed by atoms with Gasteiger partial charge in [0.25, 0.3) is 5.91 Å². The molecule has 8 nitrogen and oxygen atoms in total. The Hall–Kier alpha value is -3.73. The number of hydrogen-bond donors (Lipinski definition) is 0. The van der Waals surface area contributed by atoms with E-state index in [4.69, 9.17) is 24.2 Å². The van der Waals surface area contributed by atoms with E-state index in [1.54, 1.807) is 18.2 Å². The van der Waals surface area contributed by atoms with E-state index in [1.807, 2.05) is 25.1 Å². The third-order valence-corrected chi connectivity index (χ3v) is 4.34. The maximum Gasteiger partial charge on any atom is 0.342 e. The molecular formula is C22H24N2O6. The second-order valence-electron chi connectivity index (χ2n) is 6.25. The van der Waals surface area contributed by atoms with E-state index < -0.39 is 18.5 Å². The van der Waals surface area contributed by atoms with Crippen molar-refractivity contribution in [1.82, 2.24) is 0 Å². The monoisotopic (exact) mass is 412 g/mol. The molecule has 0 bridgehead atoms. The molecule has 2 rings (SSSR count). The molecule has 30 heavy (non-hydrogen) atoms. The molecule has 0 atom stereocenters. The van der Waals surface area contributed by atoms with Gasteiger partial charge in [-0.2, -0.15) is 5.26 Å². The molecule has 8 heteroatoms. The number of amides is 1. The van der Waals surface area contributed by atoms with Gasteiger partial charge in [0, 0.05) is 12.2 Å². The molecule has 0 aromatic heterocycles. The van der Waals surface area contributed by atoms with Crippen molar-refractivity contribution in [2.45, 2.75) is 13.3 Å². The maximum atomic E-state index is 12.7. The Balaban J connectivity index is 2.18. The summed E-state index contributed by atoms with van der Waals surface area (Å²) in [7, 11) is 4.28. The fourth-order valence-electron chi connectivity index (χ4n) is 2.83. The summed E-state index contributed by atoms with van der Waals surface area (Å²) in [6, 6.07) is 12.3. The zero-order valence-electron chi connectivity index (χ0n) is 17.4. The topological polar surface area (TPSA) is 98.1 Å². The van der Waals surface area contributed by atoms with Crippen molar-refractivity contribution in [2.75, 3.05) is 39.4 Å². The molecule has 0 saturated heterocycles. The van der Waals surface area contributed by atoms with Gasteiger partial charge in [0.2, 0.25) is 5.75 Å². The van der Waals surface area contributed by atoms with Crippen molar-refractivity contribution in [3.05, 3.63) is 47.5 Å². The molecule has 0 saturated carbocycles. The summed E-state index contributed by atoms with van der Waals surface area (Å²) in [5.41, 5.74) is 1.76. The fraction of sp³-hybridized carbons (Fsp3) is 0.318. The number of nitriles is 1. The molecule has 0 aliphatic rings. The fourth-order valence-corrected chi connectivity index (χ4v) is 2.83. The number of aryl methyl sites for hydroxylation is 1. The smallest absolute Gasteiger partial charge is 0.342 e. The van der Waals surface area contributed by atoms with Gasteiger partial charge in [-0.25, -0.2) is 4.79 Å². The minimum atomic E-state index is -0.745. The highest BCUT2D eigenvalue weighted by atomic mass is 16.5. The SMILES string of the molecule is COc1ccc(C(=O)OCC(=O)N(CCC#N)c2ccc(C)cc2)c(OC)c1OC. The molecule has 2 aromatic carbocycles. The van der Waals surface area contributed by atoms with Gasteiger partial charge in [0.05, 0.1) is 33.8 Å². The summed E-state index contributed by atoms with van der Waals surface area (Å²) in [5.74, 6) is -0.401. The number of carbonyl (C=O) groups is 2. The zero-order chi connectivity index (χ0) is 22.1. The van der Waals surface area contributed by atoms with Gasteiger partial charge in [-0.3, -0.25) is 4.79 Å². The highest BCUT2D eigenvalue weighted by Crippen LogP contribution is 2.39. The first-order chi connectivity index (χ1) is 14.5. The summed E-state index contributed by atoms with van der Waals surface area (Å²) >= 11 is 0. The van der Waals surface area contributed by atoms with Gasteiger partial charge < -0.3 is 23.8 Å². The van der Waals surface area contributed by atoms with Crippen molar-refractivity contribution in [1.29, 1.82) is 5.26 Å². The summed E-state index contributed by atoms with van der Waals surface area (Å²) in [5, 5.41) is 8.90. The van der Waals surface area contributed by atoms with Crippen molar-refractivity contribution < 1.29 is 28.5 Å². The number of hydrogen-bond acceptors (Lipinski definition) is 7. The summed E-state index contributed by atoms with van der Waals surface area (Å²) in [6.45, 7) is 1.63. The van der Waals surface area contributed by atoms with E-state index in [-0.39, 0.29) is 30.0 Å². The van der Waals surface area contributed by atoms with Crippen LogP contribution in [0.15, 0.2) is 36.4 Å². The number of rotatable bonds is 9. The van der Waals surface area contributed by atoms with E-state index in [9.17, 15) is 9.59 Å². The number of methoxy groups -OCH3 is 3. The molecule has 0 aliphatic heterocycles. The van der Waals surface area contributed by atoms with Gasteiger partial charge in [0.1, 0.15) is 5.56 Å². The first-order valence-electron chi connectivity index (χ1n) is 9.16. The third kappa shape index (κ3) is 5.20. The largest absolute Gasteiger partial charge is 0.493 e. The van der Waals surface area contributed by atoms with Crippen LogP contribution in [0.5, 0.6) is 17.2 Å². The lowest BCUT2D eigenvalue weighted by Gasteiger charge is -2.22. The number of carbonyl (C=O) groups excluding carboxylic acids is 2. The molecule has 1 amide bonds. The molecule has 0 heterocycles. The number of esters is 1. The van der Waals surface area contributed by atoms with Gasteiger partial charge in [-0.1, -0.05) is 17.7 Å². The quantitative estimate of drug-likeness (QED) is 0.584. The Morgan fingerprint density at radius 2 is 1.63 bits per heavy atom. The maximum absolute atomic E-state index is 12.7. The minimum absolute atomic E-state index is 0.0989. The van der Waals surface area contributed by atoms with Crippen LogP contribution >= 0.6 is 0 Å². The van der Waals surface area contributed by atoms with E-state index in [0.29, 0.717) is 11.4 Å². The van der Waals surface area contributed by atoms with E-state index in [2.05, 4.69) is 0 Å². The number of ether oxygens (including phenoxy) is 4. The summed E-state index contributed by atoms with van der Waals surface area (Å²) in [6.07, 6.45) is 0.150. The Bertz CT molecular complexity index is 934. The molecule has 0 radical (unpaired) electrons. The second-order valence-corrected chi connectivity index (χ2v) is 6.25. The minimum Gasteiger partial charge on any atom is -0.493 e. The number of benzene rings is 2. The van der Waals surface area contributed by atoms with Crippen molar-refractivity contribution in [3.63, 3.8) is 0 Å². The van der Waals surface area contributed by atoms with Gasteiger partial charge in [0.15, 0.2) is 18.1 Å². The van der Waals surface area contributed by atoms with Crippen LogP contribution < -0.4 is 19.1 Å². The van der Waals surface area contributed by atoms with Crippen molar-refractivity contribution >= 4 is 17.6 Å². The zero-order valence-corrected chi connectivity index (χ0v) is 17.4. The van der Waals surface area contributed by atoms with Crippen LogP contribution in [-0.4, -0.2) is 46.4 Å². The predicted octanol–water partition coefficient (Wildman–Crippen LogP) is 3.12. The molecule has 0 aliphatic carbocycles. The predicted molar refractivity (Wildman–Crippen MR) is 110 cm³/mol. The average molecular weight is 412 g/mol. The molecule has 0 unspecified atom stereocenters. The Labute approximate surface area is 175 Å². The standard InChI is InChI=1S/C22H24N2O6/c1-15-6-8-16(9-7-15)24(13-5-12-23)19(25)14-30-22(26)17-10-11-18(27-2)21(29-4)20(17)28-3/h6-11H,5,13-14H2,1-4H3. The molecule has 2 aromatic rings. The van der Waals surface area contributed by atoms with Gasteiger partial charge >= 0.3 is 5.97 Å². The van der Waals surface area contributed by atoms with E-state index >= 15 is 0 Å². The van der Waals surface area contributed by atoms with Crippen LogP contribution in [0.2, 0.25) is 0 Å². The molecular weight excluding hydrogens is 388 g/mol. The van der Waals surface area contributed by atoms with Crippen LogP contribution in [0.25, 0.3) is 0 Å². The first-order valence-corrected chi connectivity index (χ1v) is 9.16. The Morgan fingerprint density at radius 3 is 2.20 bits per heavy atom. The highest BCUT2D eigenvalue weighted by Gasteiger charge is 2.23. The lowest BCUT2D eigenvalue weighted by Crippen LogP contribution is -2.35. The van der Waals surface area contributed by atoms with Crippen LogP contribution in [0.1, 0.15) is 22.3 Å². The van der Waals surface area contributed by atoms with Crippen molar-refractivity contribution in [3.8, 4) is 23.3 Å². The van der Waals surface area contributed by atoms with Gasteiger partial charge in [-0.15, -0.1) is 0 Å². The normalized spacial score (nSPS) is 9.97. The second kappa shape index (κ2) is 10.7. The third-order valence-electron chi connectivity index (χ3n) is 4.34. The lowest BCUT2D eigenvalue weighted by molar-refractivity contribution is -0.121. The molecule has 0 spiro atoms. The lowest BCUT2D eigenvalue weighted by atomic mass is 10.1. The van der Waals surface area contributed by atoms with Crippen LogP contribution in [0.4, 0.5) is 5.69 Å². The van der Waals surface area contributed by atoms with Crippen LogP contribution in [0, 0.1) is 18.3 Å². The van der Waals surface area contributed by atoms with E-state index in [1.165, 1.54) is 32.3 Å². The van der Waals surface area contributed by atoms with Crippen LogP contribution in [0.3, 0.4) is 0 Å².